The Balaban J connectivity index is 4.56. The smallest absolute Gasteiger partial charge is 0.319 e. The zero-order valence-electron chi connectivity index (χ0n) is 14.7. The van der Waals surface area contributed by atoms with Crippen LogP contribution >= 0.6 is 0 Å². The fourth-order valence-electron chi connectivity index (χ4n) is 2.24. The van der Waals surface area contributed by atoms with Gasteiger partial charge in [0.25, 0.3) is 0 Å². The summed E-state index contributed by atoms with van der Waals surface area (Å²) in [6.45, 7) is 4.09. The summed E-state index contributed by atoms with van der Waals surface area (Å²) in [6.07, 6.45) is 1.79. The molecule has 2 unspecified atom stereocenters. The van der Waals surface area contributed by atoms with Gasteiger partial charge in [0.15, 0.2) is 0 Å². The number of hydrazine groups is 1. The third-order valence-electron chi connectivity index (χ3n) is 3.28. The van der Waals surface area contributed by atoms with Crippen LogP contribution < -0.4 is 22.2 Å². The van der Waals surface area contributed by atoms with Gasteiger partial charge in [-0.05, 0) is 31.7 Å². The minimum Gasteiger partial charge on any atom is -0.480 e. The maximum atomic E-state index is 12.1. The van der Waals surface area contributed by atoms with E-state index in [9.17, 15) is 14.4 Å². The number of amides is 2. The summed E-state index contributed by atoms with van der Waals surface area (Å²) in [5.74, 6) is -1.43. The molecule has 0 aliphatic rings. The molecular formula is C15H31N5O4. The van der Waals surface area contributed by atoms with E-state index < -0.39 is 18.1 Å². The van der Waals surface area contributed by atoms with E-state index in [4.69, 9.17) is 16.6 Å². The molecule has 9 heteroatoms. The number of nitrogens with two attached hydrogens (primary N) is 2. The van der Waals surface area contributed by atoms with Crippen molar-refractivity contribution >= 4 is 17.8 Å². The Hall–Kier alpha value is -1.71. The van der Waals surface area contributed by atoms with Crippen LogP contribution in [0.25, 0.3) is 0 Å². The van der Waals surface area contributed by atoms with E-state index >= 15 is 0 Å². The fraction of sp³-hybridized carbons (Fsp3) is 0.800. The number of carboxylic acid groups (broad SMARTS) is 1. The lowest BCUT2D eigenvalue weighted by Gasteiger charge is -2.23. The van der Waals surface area contributed by atoms with Crippen molar-refractivity contribution in [3.8, 4) is 0 Å². The molecule has 0 aromatic rings. The Morgan fingerprint density at radius 3 is 2.38 bits per heavy atom. The summed E-state index contributed by atoms with van der Waals surface area (Å²) in [5, 5.41) is 12.6. The second kappa shape index (κ2) is 11.8. The van der Waals surface area contributed by atoms with E-state index in [0.29, 0.717) is 31.7 Å². The SMILES string of the molecule is CC(C)CC(N)C(=O)NC(CCCN)CC(=O)NN(C)CC(=O)O. The lowest BCUT2D eigenvalue weighted by atomic mass is 10.0. The number of hydrogen-bond acceptors (Lipinski definition) is 6. The highest BCUT2D eigenvalue weighted by atomic mass is 16.4. The average Bonchev–Trinajstić information content (AvgIpc) is 2.42. The zero-order chi connectivity index (χ0) is 18.7. The summed E-state index contributed by atoms with van der Waals surface area (Å²) in [6, 6.07) is -1.01. The number of hydrogen-bond donors (Lipinski definition) is 5. The minimum absolute atomic E-state index is 0.0318. The quantitative estimate of drug-likeness (QED) is 0.285. The molecule has 7 N–H and O–H groups in total. The summed E-state index contributed by atoms with van der Waals surface area (Å²) in [7, 11) is 1.46. The van der Waals surface area contributed by atoms with Crippen molar-refractivity contribution in [3.05, 3.63) is 0 Å². The Labute approximate surface area is 143 Å². The Morgan fingerprint density at radius 2 is 1.88 bits per heavy atom. The predicted octanol–water partition coefficient (Wildman–Crippen LogP) is -0.979. The second-order valence-electron chi connectivity index (χ2n) is 6.36. The van der Waals surface area contributed by atoms with Crippen molar-refractivity contribution in [2.24, 2.45) is 17.4 Å². The Morgan fingerprint density at radius 1 is 1.25 bits per heavy atom. The average molecular weight is 345 g/mol. The molecule has 2 atom stereocenters. The van der Waals surface area contributed by atoms with Crippen LogP contribution in [-0.4, -0.2) is 60.1 Å². The Kier molecular flexibility index (Phi) is 10.9. The standard InChI is InChI=1S/C15H31N5O4/c1-10(2)7-12(17)15(24)18-11(5-4-6-16)8-13(21)19-20(3)9-14(22)23/h10-12H,4-9,16-17H2,1-3H3,(H,18,24)(H,19,21)(H,22,23). The molecule has 140 valence electrons. The molecule has 9 nitrogen and oxygen atoms in total. The number of carbonyl (C=O) groups is 3. The molecule has 0 heterocycles. The molecular weight excluding hydrogens is 314 g/mol. The number of likely N-dealkylation sites (N-methyl/N-ethyl adjacent to an activating group) is 1. The van der Waals surface area contributed by atoms with Crippen molar-refractivity contribution in [3.63, 3.8) is 0 Å². The van der Waals surface area contributed by atoms with Gasteiger partial charge in [0.2, 0.25) is 11.8 Å². The molecule has 24 heavy (non-hydrogen) atoms. The van der Waals surface area contributed by atoms with Gasteiger partial charge >= 0.3 is 5.97 Å². The van der Waals surface area contributed by atoms with Gasteiger partial charge in [-0.1, -0.05) is 13.8 Å². The number of nitrogens with one attached hydrogen (secondary N) is 2. The zero-order valence-corrected chi connectivity index (χ0v) is 14.7. The molecule has 0 aliphatic carbocycles. The molecule has 0 rings (SSSR count). The summed E-state index contributed by atoms with van der Waals surface area (Å²) in [4.78, 5) is 34.7. The highest BCUT2D eigenvalue weighted by molar-refractivity contribution is 5.83. The summed E-state index contributed by atoms with van der Waals surface area (Å²) < 4.78 is 0. The van der Waals surface area contributed by atoms with E-state index in [-0.39, 0.29) is 24.8 Å². The van der Waals surface area contributed by atoms with Crippen molar-refractivity contribution in [2.75, 3.05) is 20.1 Å². The maximum Gasteiger partial charge on any atom is 0.319 e. The number of nitrogens with zero attached hydrogens (tertiary/aromatic N) is 1. The van der Waals surface area contributed by atoms with E-state index in [0.717, 1.165) is 0 Å². The lowest BCUT2D eigenvalue weighted by molar-refractivity contribution is -0.139. The first-order valence-corrected chi connectivity index (χ1v) is 8.14. The van der Waals surface area contributed by atoms with Crippen LogP contribution in [0.5, 0.6) is 0 Å². The van der Waals surface area contributed by atoms with E-state index in [1.54, 1.807) is 0 Å². The van der Waals surface area contributed by atoms with E-state index in [2.05, 4.69) is 10.7 Å². The van der Waals surface area contributed by atoms with Crippen LogP contribution in [-0.2, 0) is 14.4 Å². The minimum atomic E-state index is -1.05. The van der Waals surface area contributed by atoms with Gasteiger partial charge in [0.05, 0.1) is 6.04 Å². The van der Waals surface area contributed by atoms with Gasteiger partial charge in [0, 0.05) is 19.5 Å². The van der Waals surface area contributed by atoms with E-state index in [1.165, 1.54) is 12.1 Å². The summed E-state index contributed by atoms with van der Waals surface area (Å²) in [5.41, 5.74) is 13.8. The third kappa shape index (κ3) is 10.9. The monoisotopic (exact) mass is 345 g/mol. The predicted molar refractivity (Wildman–Crippen MR) is 90.7 cm³/mol. The van der Waals surface area contributed by atoms with Crippen LogP contribution in [0.3, 0.4) is 0 Å². The van der Waals surface area contributed by atoms with Crippen LogP contribution in [0.4, 0.5) is 0 Å². The maximum absolute atomic E-state index is 12.1. The van der Waals surface area contributed by atoms with Crippen molar-refractivity contribution < 1.29 is 19.5 Å². The molecule has 0 aromatic heterocycles. The number of carbonyl (C=O) groups excluding carboxylic acids is 2. The molecule has 2 amide bonds. The number of carboxylic acids is 1. The molecule has 0 spiro atoms. The fourth-order valence-corrected chi connectivity index (χ4v) is 2.24. The van der Waals surface area contributed by atoms with Gasteiger partial charge in [-0.3, -0.25) is 19.8 Å². The van der Waals surface area contributed by atoms with Crippen LogP contribution in [0.2, 0.25) is 0 Å². The molecule has 0 aliphatic heterocycles. The van der Waals surface area contributed by atoms with Crippen molar-refractivity contribution in [2.45, 2.75) is 51.6 Å². The van der Waals surface area contributed by atoms with Gasteiger partial charge in [-0.25, -0.2) is 5.01 Å². The normalized spacial score (nSPS) is 13.6. The first kappa shape index (κ1) is 22.3. The first-order chi connectivity index (χ1) is 11.1. The highest BCUT2D eigenvalue weighted by Gasteiger charge is 2.21. The van der Waals surface area contributed by atoms with Crippen molar-refractivity contribution in [1.82, 2.24) is 15.8 Å². The van der Waals surface area contributed by atoms with E-state index in [1.807, 2.05) is 13.8 Å². The molecule has 0 saturated heterocycles. The van der Waals surface area contributed by atoms with Gasteiger partial charge < -0.3 is 21.9 Å². The topological polar surface area (TPSA) is 151 Å². The molecule has 0 bridgehead atoms. The third-order valence-corrected chi connectivity index (χ3v) is 3.28. The van der Waals surface area contributed by atoms with Crippen molar-refractivity contribution in [1.29, 1.82) is 0 Å². The number of rotatable bonds is 12. The van der Waals surface area contributed by atoms with Crippen LogP contribution in [0.1, 0.15) is 39.5 Å². The van der Waals surface area contributed by atoms with Gasteiger partial charge in [-0.2, -0.15) is 0 Å². The highest BCUT2D eigenvalue weighted by Crippen LogP contribution is 2.06. The first-order valence-electron chi connectivity index (χ1n) is 8.14. The Bertz CT molecular complexity index is 417. The molecule has 0 fully saturated rings. The summed E-state index contributed by atoms with van der Waals surface area (Å²) >= 11 is 0. The van der Waals surface area contributed by atoms with Gasteiger partial charge in [0.1, 0.15) is 6.54 Å². The molecule has 0 aromatic carbocycles. The molecule has 0 saturated carbocycles. The van der Waals surface area contributed by atoms with Crippen LogP contribution in [0.15, 0.2) is 0 Å². The molecule has 0 radical (unpaired) electrons. The van der Waals surface area contributed by atoms with Crippen LogP contribution in [0, 0.1) is 5.92 Å². The second-order valence-corrected chi connectivity index (χ2v) is 6.36. The number of aliphatic carboxylic acids is 1. The van der Waals surface area contributed by atoms with Gasteiger partial charge in [-0.15, -0.1) is 0 Å². The largest absolute Gasteiger partial charge is 0.480 e. The lowest BCUT2D eigenvalue weighted by Crippen LogP contribution is -2.49.